The third-order valence-corrected chi connectivity index (χ3v) is 2.20. The fraction of sp³-hybridized carbons (Fsp3) is 0.455. The zero-order valence-corrected chi connectivity index (χ0v) is 9.61. The molecule has 0 aromatic heterocycles. The molecule has 0 radical (unpaired) electrons. The number of ether oxygens (including phenoxy) is 1. The number of nitrogens with two attached hydrogens (primary N) is 1. The van der Waals surface area contributed by atoms with Crippen LogP contribution in [0.2, 0.25) is 0 Å². The summed E-state index contributed by atoms with van der Waals surface area (Å²) in [5.41, 5.74) is 6.23. The minimum Gasteiger partial charge on any atom is -0.491 e. The van der Waals surface area contributed by atoms with Crippen molar-refractivity contribution in [1.82, 2.24) is 0 Å². The molecule has 0 heterocycles. The molecule has 0 aliphatic carbocycles. The Morgan fingerprint density at radius 1 is 1.41 bits per heavy atom. The molecule has 0 aliphatic rings. The van der Waals surface area contributed by atoms with Gasteiger partial charge in [-0.1, -0.05) is 0 Å². The van der Waals surface area contributed by atoms with E-state index in [9.17, 15) is 4.39 Å². The first-order valence-corrected chi connectivity index (χ1v) is 5.32. The number of nitrogens with one attached hydrogen (secondary N) is 1. The van der Waals surface area contributed by atoms with Crippen LogP contribution in [0.15, 0.2) is 12.1 Å². The van der Waals surface area contributed by atoms with E-state index in [-0.39, 0.29) is 24.7 Å². The second-order valence-electron chi connectivity index (χ2n) is 3.51. The summed E-state index contributed by atoms with van der Waals surface area (Å²) in [6, 6.07) is 2.00. The molecule has 0 atom stereocenters. The van der Waals surface area contributed by atoms with Crippen LogP contribution in [-0.4, -0.2) is 36.1 Å². The lowest BCUT2D eigenvalue weighted by Gasteiger charge is -2.17. The Hall–Kier alpha value is -1.53. The van der Waals surface area contributed by atoms with Crippen molar-refractivity contribution in [3.8, 4) is 5.75 Å². The number of aliphatic hydroxyl groups excluding tert-OH is 2. The van der Waals surface area contributed by atoms with Gasteiger partial charge in [0.1, 0.15) is 0 Å². The van der Waals surface area contributed by atoms with E-state index in [2.05, 4.69) is 5.32 Å². The van der Waals surface area contributed by atoms with Gasteiger partial charge >= 0.3 is 0 Å². The fourth-order valence-corrected chi connectivity index (χ4v) is 1.33. The Labute approximate surface area is 99.0 Å². The largest absolute Gasteiger partial charge is 0.491 e. The molecule has 6 heteroatoms. The normalized spacial score (nSPS) is 10.6. The number of benzene rings is 1. The lowest BCUT2D eigenvalue weighted by atomic mass is 10.2. The Balaban J connectivity index is 2.94. The van der Waals surface area contributed by atoms with E-state index in [1.807, 2.05) is 0 Å². The first-order chi connectivity index (χ1) is 8.12. The smallest absolute Gasteiger partial charge is 0.167 e. The van der Waals surface area contributed by atoms with Gasteiger partial charge in [-0.15, -0.1) is 0 Å². The number of rotatable bonds is 6. The topological polar surface area (TPSA) is 87.7 Å². The molecule has 0 spiro atoms. The zero-order valence-electron chi connectivity index (χ0n) is 9.61. The second kappa shape index (κ2) is 6.27. The van der Waals surface area contributed by atoms with Crippen molar-refractivity contribution in [3.63, 3.8) is 0 Å². The molecule has 0 aliphatic heterocycles. The molecule has 5 nitrogen and oxygen atoms in total. The van der Waals surface area contributed by atoms with Crippen LogP contribution in [0.25, 0.3) is 0 Å². The second-order valence-corrected chi connectivity index (χ2v) is 3.51. The highest BCUT2D eigenvalue weighted by Crippen LogP contribution is 2.28. The lowest BCUT2D eigenvalue weighted by molar-refractivity contribution is 0.204. The molecule has 0 amide bonds. The van der Waals surface area contributed by atoms with Gasteiger partial charge in [-0.05, 0) is 6.92 Å². The van der Waals surface area contributed by atoms with Crippen LogP contribution in [0, 0.1) is 5.82 Å². The van der Waals surface area contributed by atoms with Gasteiger partial charge in [-0.25, -0.2) is 4.39 Å². The number of nitrogen functional groups attached to an aromatic ring is 1. The maximum Gasteiger partial charge on any atom is 0.167 e. The van der Waals surface area contributed by atoms with Crippen LogP contribution in [0.1, 0.15) is 6.92 Å². The quantitative estimate of drug-likeness (QED) is 0.550. The monoisotopic (exact) mass is 244 g/mol. The summed E-state index contributed by atoms with van der Waals surface area (Å²) in [7, 11) is 0. The Morgan fingerprint density at radius 2 is 2.06 bits per heavy atom. The summed E-state index contributed by atoms with van der Waals surface area (Å²) in [6.45, 7) is 1.57. The molecule has 0 saturated carbocycles. The predicted molar refractivity (Wildman–Crippen MR) is 63.6 cm³/mol. The maximum atomic E-state index is 13.4. The number of halogens is 1. The van der Waals surface area contributed by atoms with E-state index in [1.54, 1.807) is 6.92 Å². The van der Waals surface area contributed by atoms with Crippen molar-refractivity contribution in [2.24, 2.45) is 0 Å². The van der Waals surface area contributed by atoms with E-state index < -0.39 is 11.9 Å². The molecule has 5 N–H and O–H groups in total. The van der Waals surface area contributed by atoms with E-state index in [0.29, 0.717) is 12.3 Å². The molecular weight excluding hydrogens is 227 g/mol. The minimum absolute atomic E-state index is 0.0822. The first kappa shape index (κ1) is 13.5. The maximum absolute atomic E-state index is 13.4. The van der Waals surface area contributed by atoms with Gasteiger partial charge < -0.3 is 26.0 Å². The average Bonchev–Trinajstić information content (AvgIpc) is 2.31. The van der Waals surface area contributed by atoms with Crippen LogP contribution in [0.3, 0.4) is 0 Å². The van der Waals surface area contributed by atoms with Crippen molar-refractivity contribution in [3.05, 3.63) is 17.9 Å². The van der Waals surface area contributed by atoms with Gasteiger partial charge in [0.05, 0.1) is 37.2 Å². The van der Waals surface area contributed by atoms with E-state index >= 15 is 0 Å². The van der Waals surface area contributed by atoms with Gasteiger partial charge in [-0.2, -0.15) is 0 Å². The SMILES string of the molecule is CCOc1cc(NC(CO)CO)c(N)cc1F. The number of aliphatic hydroxyl groups is 2. The summed E-state index contributed by atoms with van der Waals surface area (Å²) >= 11 is 0. The molecule has 0 fully saturated rings. The molecule has 0 unspecified atom stereocenters. The minimum atomic E-state index is -0.544. The molecule has 0 bridgehead atoms. The molecule has 17 heavy (non-hydrogen) atoms. The molecular formula is C11H17FN2O3. The van der Waals surface area contributed by atoms with Crippen LogP contribution < -0.4 is 15.8 Å². The van der Waals surface area contributed by atoms with Crippen molar-refractivity contribution >= 4 is 11.4 Å². The number of hydrogen-bond acceptors (Lipinski definition) is 5. The van der Waals surface area contributed by atoms with Crippen molar-refractivity contribution in [2.45, 2.75) is 13.0 Å². The summed E-state index contributed by atoms with van der Waals surface area (Å²) in [4.78, 5) is 0. The zero-order chi connectivity index (χ0) is 12.8. The van der Waals surface area contributed by atoms with Crippen LogP contribution in [-0.2, 0) is 0 Å². The van der Waals surface area contributed by atoms with Crippen molar-refractivity contribution < 1.29 is 19.3 Å². The van der Waals surface area contributed by atoms with Gasteiger partial charge in [0.2, 0.25) is 0 Å². The summed E-state index contributed by atoms with van der Waals surface area (Å²) < 4.78 is 18.5. The van der Waals surface area contributed by atoms with Gasteiger partial charge in [0, 0.05) is 12.1 Å². The van der Waals surface area contributed by atoms with Crippen LogP contribution >= 0.6 is 0 Å². The van der Waals surface area contributed by atoms with E-state index in [4.69, 9.17) is 20.7 Å². The van der Waals surface area contributed by atoms with Crippen LogP contribution in [0.4, 0.5) is 15.8 Å². The van der Waals surface area contributed by atoms with E-state index in [1.165, 1.54) is 6.07 Å². The highest BCUT2D eigenvalue weighted by atomic mass is 19.1. The van der Waals surface area contributed by atoms with Crippen molar-refractivity contribution in [1.29, 1.82) is 0 Å². The first-order valence-electron chi connectivity index (χ1n) is 5.32. The Kier molecular flexibility index (Phi) is 4.99. The lowest BCUT2D eigenvalue weighted by Crippen LogP contribution is -2.28. The standard InChI is InChI=1S/C11H17FN2O3/c1-2-17-11-4-10(9(13)3-8(11)12)14-7(5-15)6-16/h3-4,7,14-16H,2,5-6,13H2,1H3. The highest BCUT2D eigenvalue weighted by Gasteiger charge is 2.12. The molecule has 1 aromatic carbocycles. The van der Waals surface area contributed by atoms with Gasteiger partial charge in [-0.3, -0.25) is 0 Å². The van der Waals surface area contributed by atoms with Crippen LogP contribution in [0.5, 0.6) is 5.75 Å². The summed E-state index contributed by atoms with van der Waals surface area (Å²) in [5.74, 6) is -0.460. The predicted octanol–water partition coefficient (Wildman–Crippen LogP) is 0.572. The third-order valence-electron chi connectivity index (χ3n) is 2.20. The Morgan fingerprint density at radius 3 is 2.59 bits per heavy atom. The van der Waals surface area contributed by atoms with E-state index in [0.717, 1.165) is 6.07 Å². The van der Waals surface area contributed by atoms with Gasteiger partial charge in [0.25, 0.3) is 0 Å². The van der Waals surface area contributed by atoms with Gasteiger partial charge in [0.15, 0.2) is 11.6 Å². The summed E-state index contributed by atoms with van der Waals surface area (Å²) in [6.07, 6.45) is 0. The third kappa shape index (κ3) is 3.47. The highest BCUT2D eigenvalue weighted by molar-refractivity contribution is 5.69. The molecule has 1 rings (SSSR count). The summed E-state index contributed by atoms with van der Waals surface area (Å²) in [5, 5.41) is 20.7. The Bertz CT molecular complexity index is 370. The number of hydrogen-bond donors (Lipinski definition) is 4. The molecule has 0 saturated heterocycles. The average molecular weight is 244 g/mol. The molecule has 1 aromatic rings. The number of anilines is 2. The molecule has 96 valence electrons. The fourth-order valence-electron chi connectivity index (χ4n) is 1.33. The van der Waals surface area contributed by atoms with Crippen molar-refractivity contribution in [2.75, 3.05) is 30.9 Å².